The molecule has 1 aromatic heterocycles. The van der Waals surface area contributed by atoms with Crippen LogP contribution in [0.2, 0.25) is 0 Å². The van der Waals surface area contributed by atoms with Crippen molar-refractivity contribution >= 4 is 22.6 Å². The van der Waals surface area contributed by atoms with Crippen molar-refractivity contribution in [3.8, 4) is 22.8 Å². The van der Waals surface area contributed by atoms with Crippen LogP contribution in [0.4, 0.5) is 18.9 Å². The van der Waals surface area contributed by atoms with Gasteiger partial charge >= 0.3 is 6.18 Å². The Morgan fingerprint density at radius 2 is 1.75 bits per heavy atom. The van der Waals surface area contributed by atoms with Gasteiger partial charge in [-0.2, -0.15) is 13.2 Å². The number of amides is 1. The number of methoxy groups -OCH3 is 1. The summed E-state index contributed by atoms with van der Waals surface area (Å²) in [5.41, 5.74) is 1.08. The molecule has 0 unspecified atom stereocenters. The van der Waals surface area contributed by atoms with E-state index in [4.69, 9.17) is 13.9 Å². The Hall–Kier alpha value is -4.27. The number of carbonyl (C=O) groups excluding carboxylic acids is 1. The highest BCUT2D eigenvalue weighted by Crippen LogP contribution is 2.34. The van der Waals surface area contributed by atoms with Gasteiger partial charge in [0, 0.05) is 11.3 Å². The number of rotatable bonds is 6. The zero-order valence-corrected chi connectivity index (χ0v) is 19.7. The van der Waals surface area contributed by atoms with E-state index in [1.807, 2.05) is 19.9 Å². The molecular formula is C27H22F3NO5. The molecule has 0 fully saturated rings. The van der Waals surface area contributed by atoms with Gasteiger partial charge in [-0.1, -0.05) is 12.1 Å². The van der Waals surface area contributed by atoms with Crippen LogP contribution in [0.3, 0.4) is 0 Å². The van der Waals surface area contributed by atoms with Gasteiger partial charge in [-0.05, 0) is 73.5 Å². The molecule has 0 saturated carbocycles. The second-order valence-electron chi connectivity index (χ2n) is 8.19. The van der Waals surface area contributed by atoms with Gasteiger partial charge in [-0.3, -0.25) is 9.59 Å². The molecule has 36 heavy (non-hydrogen) atoms. The zero-order valence-electron chi connectivity index (χ0n) is 19.7. The molecule has 186 valence electrons. The number of hydrogen-bond donors (Lipinski definition) is 1. The summed E-state index contributed by atoms with van der Waals surface area (Å²) >= 11 is 0. The molecule has 0 bridgehead atoms. The molecule has 1 heterocycles. The average Bonchev–Trinajstić information content (AvgIpc) is 2.83. The molecule has 4 rings (SSSR count). The number of fused-ring (bicyclic) bond motifs is 1. The lowest BCUT2D eigenvalue weighted by Gasteiger charge is -2.14. The SMILES string of the molecule is COc1ccc(-c2oc3c(C)cc(C)cc3c(=O)c2OCC(=O)Nc2cccc(C(F)(F)F)c2)cc1. The molecule has 1 N–H and O–H groups in total. The van der Waals surface area contributed by atoms with Crippen LogP contribution in [-0.4, -0.2) is 19.6 Å². The Bertz CT molecular complexity index is 1490. The second kappa shape index (κ2) is 9.77. The third kappa shape index (κ3) is 5.19. The smallest absolute Gasteiger partial charge is 0.416 e. The molecule has 0 saturated heterocycles. The zero-order chi connectivity index (χ0) is 26.0. The third-order valence-corrected chi connectivity index (χ3v) is 5.45. The monoisotopic (exact) mass is 497 g/mol. The number of aryl methyl sites for hydroxylation is 2. The lowest BCUT2D eigenvalue weighted by molar-refractivity contribution is -0.137. The van der Waals surface area contributed by atoms with Crippen molar-refractivity contribution in [1.29, 1.82) is 0 Å². The van der Waals surface area contributed by atoms with Crippen molar-refractivity contribution in [1.82, 2.24) is 0 Å². The van der Waals surface area contributed by atoms with Crippen LogP contribution in [0.1, 0.15) is 16.7 Å². The van der Waals surface area contributed by atoms with Crippen LogP contribution < -0.4 is 20.2 Å². The van der Waals surface area contributed by atoms with E-state index in [2.05, 4.69) is 5.32 Å². The van der Waals surface area contributed by atoms with Crippen LogP contribution in [-0.2, 0) is 11.0 Å². The molecular weight excluding hydrogens is 475 g/mol. The van der Waals surface area contributed by atoms with Crippen molar-refractivity contribution in [2.24, 2.45) is 0 Å². The first kappa shape index (κ1) is 24.8. The molecule has 6 nitrogen and oxygen atoms in total. The number of halogens is 3. The van der Waals surface area contributed by atoms with Crippen molar-refractivity contribution in [2.45, 2.75) is 20.0 Å². The van der Waals surface area contributed by atoms with E-state index < -0.39 is 29.7 Å². The number of nitrogens with one attached hydrogen (secondary N) is 1. The second-order valence-corrected chi connectivity index (χ2v) is 8.19. The van der Waals surface area contributed by atoms with E-state index in [1.165, 1.54) is 19.2 Å². The van der Waals surface area contributed by atoms with Crippen molar-refractivity contribution in [2.75, 3.05) is 19.0 Å². The summed E-state index contributed by atoms with van der Waals surface area (Å²) in [6.07, 6.45) is -4.55. The van der Waals surface area contributed by atoms with Crippen molar-refractivity contribution in [3.63, 3.8) is 0 Å². The molecule has 0 spiro atoms. The standard InChI is InChI=1S/C27H22F3NO5/c1-15-11-16(2)24-21(12-15)23(33)26(25(36-24)17-7-9-20(34-3)10-8-17)35-14-22(32)31-19-6-4-5-18(13-19)27(28,29)30/h4-13H,14H2,1-3H3,(H,31,32). The molecule has 3 aromatic carbocycles. The third-order valence-electron chi connectivity index (χ3n) is 5.45. The summed E-state index contributed by atoms with van der Waals surface area (Å²) in [4.78, 5) is 25.9. The first-order valence-electron chi connectivity index (χ1n) is 10.9. The highest BCUT2D eigenvalue weighted by molar-refractivity contribution is 5.92. The minimum atomic E-state index is -4.55. The van der Waals surface area contributed by atoms with Crippen molar-refractivity contribution < 1.29 is 31.9 Å². The predicted octanol–water partition coefficient (Wildman–Crippen LogP) is 6.12. The highest BCUT2D eigenvalue weighted by atomic mass is 19.4. The molecule has 0 aliphatic rings. The fraction of sp³-hybridized carbons (Fsp3) is 0.185. The van der Waals surface area contributed by atoms with E-state index in [1.54, 1.807) is 30.3 Å². The Kier molecular flexibility index (Phi) is 6.74. The Labute approximate surface area is 204 Å². The summed E-state index contributed by atoms with van der Waals surface area (Å²) in [6.45, 7) is 3.03. The van der Waals surface area contributed by atoms with Gasteiger partial charge in [0.2, 0.25) is 11.2 Å². The van der Waals surface area contributed by atoms with E-state index in [0.717, 1.165) is 23.3 Å². The van der Waals surface area contributed by atoms with Gasteiger partial charge in [0.05, 0.1) is 18.1 Å². The summed E-state index contributed by atoms with van der Waals surface area (Å²) in [7, 11) is 1.52. The van der Waals surface area contributed by atoms with Gasteiger partial charge in [0.15, 0.2) is 12.4 Å². The largest absolute Gasteiger partial charge is 0.497 e. The van der Waals surface area contributed by atoms with Gasteiger partial charge in [-0.25, -0.2) is 0 Å². The number of hydrogen-bond acceptors (Lipinski definition) is 5. The molecule has 1 amide bonds. The number of benzene rings is 3. The van der Waals surface area contributed by atoms with Crippen LogP contribution >= 0.6 is 0 Å². The lowest BCUT2D eigenvalue weighted by atomic mass is 10.1. The fourth-order valence-corrected chi connectivity index (χ4v) is 3.80. The summed E-state index contributed by atoms with van der Waals surface area (Å²) < 4.78 is 55.8. The van der Waals surface area contributed by atoms with Crippen LogP contribution in [0.15, 0.2) is 69.9 Å². The average molecular weight is 497 g/mol. The van der Waals surface area contributed by atoms with Gasteiger partial charge in [0.1, 0.15) is 11.3 Å². The molecule has 9 heteroatoms. The molecule has 4 aromatic rings. The maximum atomic E-state index is 13.4. The first-order valence-corrected chi connectivity index (χ1v) is 10.9. The normalized spacial score (nSPS) is 11.4. The maximum absolute atomic E-state index is 13.4. The number of anilines is 1. The summed E-state index contributed by atoms with van der Waals surface area (Å²) in [6, 6.07) is 14.5. The maximum Gasteiger partial charge on any atom is 0.416 e. The Morgan fingerprint density at radius 3 is 2.42 bits per heavy atom. The van der Waals surface area contributed by atoms with Crippen LogP contribution in [0.5, 0.6) is 11.5 Å². The molecule has 0 aliphatic heterocycles. The highest BCUT2D eigenvalue weighted by Gasteiger charge is 2.30. The van der Waals surface area contributed by atoms with Gasteiger partial charge in [0.25, 0.3) is 5.91 Å². The Balaban J connectivity index is 1.68. The quantitative estimate of drug-likeness (QED) is 0.347. The van der Waals surface area contributed by atoms with E-state index in [-0.39, 0.29) is 22.6 Å². The van der Waals surface area contributed by atoms with E-state index in [9.17, 15) is 22.8 Å². The number of carbonyl (C=O) groups is 1. The lowest BCUT2D eigenvalue weighted by Crippen LogP contribution is -2.23. The van der Waals surface area contributed by atoms with Gasteiger partial charge in [-0.15, -0.1) is 0 Å². The number of ether oxygens (including phenoxy) is 2. The van der Waals surface area contributed by atoms with Crippen molar-refractivity contribution in [3.05, 3.63) is 87.6 Å². The minimum Gasteiger partial charge on any atom is -0.497 e. The van der Waals surface area contributed by atoms with E-state index in [0.29, 0.717) is 16.9 Å². The van der Waals surface area contributed by atoms with E-state index >= 15 is 0 Å². The number of alkyl halides is 3. The Morgan fingerprint density at radius 1 is 1.03 bits per heavy atom. The fourth-order valence-electron chi connectivity index (χ4n) is 3.80. The van der Waals surface area contributed by atoms with Crippen LogP contribution in [0.25, 0.3) is 22.3 Å². The summed E-state index contributed by atoms with van der Waals surface area (Å²) in [5.74, 6) is -0.211. The minimum absolute atomic E-state index is 0.0504. The molecule has 0 radical (unpaired) electrons. The summed E-state index contributed by atoms with van der Waals surface area (Å²) in [5, 5.41) is 2.65. The van der Waals surface area contributed by atoms with Gasteiger partial charge < -0.3 is 19.2 Å². The topological polar surface area (TPSA) is 77.8 Å². The molecule has 0 aliphatic carbocycles. The predicted molar refractivity (Wildman–Crippen MR) is 130 cm³/mol. The first-order chi connectivity index (χ1) is 17.1. The molecule has 0 atom stereocenters. The van der Waals surface area contributed by atoms with Crippen LogP contribution in [0, 0.1) is 13.8 Å².